The maximum atomic E-state index is 12.2. The van der Waals surface area contributed by atoms with Crippen molar-refractivity contribution in [3.63, 3.8) is 0 Å². The van der Waals surface area contributed by atoms with Gasteiger partial charge in [-0.3, -0.25) is 19.3 Å². The number of hydrogen-bond acceptors (Lipinski definition) is 4. The van der Waals surface area contributed by atoms with Gasteiger partial charge in [-0.05, 0) is 11.6 Å². The minimum atomic E-state index is -0.712. The Kier molecular flexibility index (Phi) is 3.99. The number of amides is 2. The third-order valence-electron chi connectivity index (χ3n) is 2.94. The predicted octanol–water partition coefficient (Wildman–Crippen LogP) is 1.15. The Labute approximate surface area is 118 Å². The zero-order valence-corrected chi connectivity index (χ0v) is 11.8. The topological polar surface area (TPSA) is 63.7 Å². The molecular formula is C13H12BrNO4. The maximum Gasteiger partial charge on any atom is 0.321 e. The molecule has 6 heteroatoms. The smallest absolute Gasteiger partial charge is 0.321 e. The molecule has 1 atom stereocenters. The number of fused-ring (bicyclic) bond motifs is 1. The molecule has 2 rings (SSSR count). The molecule has 0 aliphatic carbocycles. The second-order valence-electron chi connectivity index (χ2n) is 4.13. The van der Waals surface area contributed by atoms with Crippen LogP contribution in [0.25, 0.3) is 0 Å². The van der Waals surface area contributed by atoms with Crippen molar-refractivity contribution in [2.24, 2.45) is 0 Å². The molecule has 1 unspecified atom stereocenters. The SMILES string of the molecule is COC(=O)C(Br)CN1C(=O)Cc2ccccc2C1=O. The summed E-state index contributed by atoms with van der Waals surface area (Å²) in [5, 5.41) is 0. The molecule has 0 aromatic heterocycles. The number of rotatable bonds is 3. The van der Waals surface area contributed by atoms with E-state index in [4.69, 9.17) is 0 Å². The van der Waals surface area contributed by atoms with Gasteiger partial charge in [-0.15, -0.1) is 0 Å². The zero-order valence-electron chi connectivity index (χ0n) is 10.3. The maximum absolute atomic E-state index is 12.2. The van der Waals surface area contributed by atoms with Crippen LogP contribution in [0.5, 0.6) is 0 Å². The molecule has 1 aliphatic rings. The summed E-state index contributed by atoms with van der Waals surface area (Å²) < 4.78 is 4.56. The Hall–Kier alpha value is -1.69. The van der Waals surface area contributed by atoms with Gasteiger partial charge in [0.1, 0.15) is 4.83 Å². The first kappa shape index (κ1) is 13.7. The molecule has 0 fully saturated rings. The number of ether oxygens (including phenoxy) is 1. The van der Waals surface area contributed by atoms with Crippen LogP contribution in [0.4, 0.5) is 0 Å². The second kappa shape index (κ2) is 5.52. The summed E-state index contributed by atoms with van der Waals surface area (Å²) in [6.45, 7) is -0.0291. The second-order valence-corrected chi connectivity index (χ2v) is 5.24. The molecule has 0 spiro atoms. The molecule has 2 amide bonds. The van der Waals surface area contributed by atoms with Crippen molar-refractivity contribution in [2.75, 3.05) is 13.7 Å². The fourth-order valence-electron chi connectivity index (χ4n) is 1.95. The summed E-state index contributed by atoms with van der Waals surface area (Å²) in [4.78, 5) is 35.8. The molecule has 1 heterocycles. The number of benzene rings is 1. The van der Waals surface area contributed by atoms with Gasteiger partial charge < -0.3 is 4.74 Å². The van der Waals surface area contributed by atoms with Crippen molar-refractivity contribution in [2.45, 2.75) is 11.2 Å². The number of hydrogen-bond donors (Lipinski definition) is 0. The van der Waals surface area contributed by atoms with Crippen molar-refractivity contribution in [1.29, 1.82) is 0 Å². The third-order valence-corrected chi connectivity index (χ3v) is 3.60. The fraction of sp³-hybridized carbons (Fsp3) is 0.308. The minimum Gasteiger partial charge on any atom is -0.468 e. The number of carbonyl (C=O) groups is 3. The lowest BCUT2D eigenvalue weighted by Crippen LogP contribution is -2.46. The van der Waals surface area contributed by atoms with E-state index in [1.165, 1.54) is 7.11 Å². The van der Waals surface area contributed by atoms with Gasteiger partial charge in [0.2, 0.25) is 5.91 Å². The molecule has 19 heavy (non-hydrogen) atoms. The highest BCUT2D eigenvalue weighted by Gasteiger charge is 2.33. The Morgan fingerprint density at radius 1 is 1.42 bits per heavy atom. The van der Waals surface area contributed by atoms with Gasteiger partial charge >= 0.3 is 5.97 Å². The number of methoxy groups -OCH3 is 1. The van der Waals surface area contributed by atoms with Crippen LogP contribution in [0.2, 0.25) is 0 Å². The molecule has 5 nitrogen and oxygen atoms in total. The van der Waals surface area contributed by atoms with Crippen molar-refractivity contribution < 1.29 is 19.1 Å². The number of nitrogens with zero attached hydrogens (tertiary/aromatic N) is 1. The molecule has 0 bridgehead atoms. The van der Waals surface area contributed by atoms with Crippen LogP contribution in [0, 0.1) is 0 Å². The van der Waals surface area contributed by atoms with Crippen molar-refractivity contribution in [3.8, 4) is 0 Å². The fourth-order valence-corrected chi connectivity index (χ4v) is 2.42. The monoisotopic (exact) mass is 325 g/mol. The Morgan fingerprint density at radius 2 is 2.11 bits per heavy atom. The van der Waals surface area contributed by atoms with E-state index in [-0.39, 0.29) is 24.8 Å². The predicted molar refractivity (Wildman–Crippen MR) is 70.9 cm³/mol. The molecule has 0 saturated heterocycles. The zero-order chi connectivity index (χ0) is 14.0. The van der Waals surface area contributed by atoms with Crippen LogP contribution in [0.15, 0.2) is 24.3 Å². The van der Waals surface area contributed by atoms with Gasteiger partial charge in [0.25, 0.3) is 5.91 Å². The normalized spacial score (nSPS) is 16.0. The Bertz CT molecular complexity index is 543. The first-order chi connectivity index (χ1) is 9.04. The summed E-state index contributed by atoms with van der Waals surface area (Å²) in [6, 6.07) is 6.97. The van der Waals surface area contributed by atoms with Crippen molar-refractivity contribution >= 4 is 33.7 Å². The number of alkyl halides is 1. The number of carbonyl (C=O) groups excluding carboxylic acids is 3. The average Bonchev–Trinajstić information content (AvgIpc) is 2.42. The summed E-state index contributed by atoms with van der Waals surface area (Å²) in [5.74, 6) is -1.20. The van der Waals surface area contributed by atoms with E-state index in [9.17, 15) is 14.4 Å². The first-order valence-electron chi connectivity index (χ1n) is 5.69. The third kappa shape index (κ3) is 2.68. The highest BCUT2D eigenvalue weighted by atomic mass is 79.9. The summed E-state index contributed by atoms with van der Waals surface area (Å²) in [6.07, 6.45) is 0.169. The first-order valence-corrected chi connectivity index (χ1v) is 6.60. The lowest BCUT2D eigenvalue weighted by Gasteiger charge is -2.27. The van der Waals surface area contributed by atoms with Gasteiger partial charge in [-0.2, -0.15) is 0 Å². The van der Waals surface area contributed by atoms with Crippen LogP contribution in [-0.4, -0.2) is 41.2 Å². The van der Waals surface area contributed by atoms with E-state index in [1.807, 2.05) is 0 Å². The van der Waals surface area contributed by atoms with Gasteiger partial charge in [0, 0.05) is 5.56 Å². The molecule has 1 aromatic carbocycles. The molecule has 0 radical (unpaired) electrons. The molecule has 1 aliphatic heterocycles. The van der Waals surface area contributed by atoms with Gasteiger partial charge in [0.15, 0.2) is 0 Å². The summed E-state index contributed by atoms with van der Waals surface area (Å²) in [5.41, 5.74) is 1.23. The Balaban J connectivity index is 2.22. The van der Waals surface area contributed by atoms with Crippen molar-refractivity contribution in [1.82, 2.24) is 4.90 Å². The largest absolute Gasteiger partial charge is 0.468 e. The van der Waals surface area contributed by atoms with E-state index in [2.05, 4.69) is 20.7 Å². The molecule has 0 saturated carbocycles. The highest BCUT2D eigenvalue weighted by Crippen LogP contribution is 2.20. The summed E-state index contributed by atoms with van der Waals surface area (Å²) >= 11 is 3.11. The molecule has 1 aromatic rings. The molecular weight excluding hydrogens is 314 g/mol. The lowest BCUT2D eigenvalue weighted by molar-refractivity contribution is -0.140. The number of esters is 1. The number of imide groups is 1. The lowest BCUT2D eigenvalue weighted by atomic mass is 9.98. The van der Waals surface area contributed by atoms with E-state index in [0.29, 0.717) is 5.56 Å². The number of halogens is 1. The van der Waals surface area contributed by atoms with Crippen LogP contribution in [0.3, 0.4) is 0 Å². The quantitative estimate of drug-likeness (QED) is 0.475. The van der Waals surface area contributed by atoms with E-state index >= 15 is 0 Å². The average molecular weight is 326 g/mol. The molecule has 0 N–H and O–H groups in total. The van der Waals surface area contributed by atoms with Gasteiger partial charge in [-0.25, -0.2) is 0 Å². The highest BCUT2D eigenvalue weighted by molar-refractivity contribution is 9.10. The van der Waals surface area contributed by atoms with Crippen LogP contribution in [0.1, 0.15) is 15.9 Å². The van der Waals surface area contributed by atoms with E-state index in [0.717, 1.165) is 10.5 Å². The van der Waals surface area contributed by atoms with Gasteiger partial charge in [-0.1, -0.05) is 34.1 Å². The standard InChI is InChI=1S/C13H12BrNO4/c1-19-13(18)10(14)7-15-11(16)6-8-4-2-3-5-9(8)12(15)17/h2-5,10H,6-7H2,1H3. The Morgan fingerprint density at radius 3 is 2.79 bits per heavy atom. The van der Waals surface area contributed by atoms with E-state index < -0.39 is 10.8 Å². The van der Waals surface area contributed by atoms with Crippen molar-refractivity contribution in [3.05, 3.63) is 35.4 Å². The van der Waals surface area contributed by atoms with E-state index in [1.54, 1.807) is 24.3 Å². The van der Waals surface area contributed by atoms with Gasteiger partial charge in [0.05, 0.1) is 20.1 Å². The van der Waals surface area contributed by atoms with Crippen LogP contribution < -0.4 is 0 Å². The molecule has 100 valence electrons. The summed E-state index contributed by atoms with van der Waals surface area (Å²) in [7, 11) is 1.26. The van der Waals surface area contributed by atoms with Crippen LogP contribution in [-0.2, 0) is 20.7 Å². The minimum absolute atomic E-state index is 0.0291. The van der Waals surface area contributed by atoms with Crippen LogP contribution >= 0.6 is 15.9 Å².